The first-order chi connectivity index (χ1) is 14.5. The average molecular weight is 521 g/mol. The second-order valence-corrected chi connectivity index (χ2v) is 8.49. The minimum atomic E-state index is -0.351. The quantitative estimate of drug-likeness (QED) is 0.383. The fourth-order valence-corrected chi connectivity index (χ4v) is 4.66. The van der Waals surface area contributed by atoms with E-state index >= 15 is 0 Å². The smallest absolute Gasteiger partial charge is 0.302 e. The molecule has 1 aromatic heterocycles. The van der Waals surface area contributed by atoms with Gasteiger partial charge in [-0.15, -0.1) is 0 Å². The fourth-order valence-electron chi connectivity index (χ4n) is 3.97. The van der Waals surface area contributed by atoms with Gasteiger partial charge in [-0.3, -0.25) is 14.2 Å². The summed E-state index contributed by atoms with van der Waals surface area (Å²) in [6, 6.07) is 12.8. The van der Waals surface area contributed by atoms with Crippen molar-refractivity contribution in [3.63, 3.8) is 0 Å². The Labute approximate surface area is 186 Å². The Kier molecular flexibility index (Phi) is 6.14. The van der Waals surface area contributed by atoms with Gasteiger partial charge in [0.15, 0.2) is 5.78 Å². The summed E-state index contributed by atoms with van der Waals surface area (Å²) in [5.41, 5.74) is 0.551. The maximum Gasteiger partial charge on any atom is 0.340 e. The topological polar surface area (TPSA) is 64.3 Å². The van der Waals surface area contributed by atoms with Crippen LogP contribution < -0.4 is 11.2 Å². The van der Waals surface area contributed by atoms with Crippen LogP contribution in [0.3, 0.4) is 0 Å². The van der Waals surface area contributed by atoms with Crippen molar-refractivity contribution < 1.29 is 9.18 Å². The third kappa shape index (κ3) is 4.11. The van der Waals surface area contributed by atoms with Crippen molar-refractivity contribution in [3.8, 4) is 0 Å². The van der Waals surface area contributed by atoms with Gasteiger partial charge in [-0.05, 0) is 62.3 Å². The highest BCUT2D eigenvalue weighted by molar-refractivity contribution is 14.1. The molecule has 156 valence electrons. The number of likely N-dealkylation sites (tertiary alicyclic amines) is 1. The molecule has 0 spiro atoms. The lowest BCUT2D eigenvalue weighted by Gasteiger charge is -2.31. The van der Waals surface area contributed by atoms with Crippen molar-refractivity contribution in [2.75, 3.05) is 19.6 Å². The number of para-hydroxylation sites is 1. The number of hydrogen-bond donors (Lipinski definition) is 0. The molecule has 4 rings (SSSR count). The molecule has 0 N–H and O–H groups in total. The van der Waals surface area contributed by atoms with Crippen molar-refractivity contribution >= 4 is 39.6 Å². The van der Waals surface area contributed by atoms with Crippen LogP contribution in [-0.4, -0.2) is 37.7 Å². The summed E-state index contributed by atoms with van der Waals surface area (Å²) in [7, 11) is 0. The van der Waals surface area contributed by atoms with E-state index < -0.39 is 0 Å². The summed E-state index contributed by atoms with van der Waals surface area (Å²) in [6.45, 7) is 2.32. The summed E-state index contributed by atoms with van der Waals surface area (Å²) in [6.07, 6.45) is 1.42. The Balaban J connectivity index is 1.41. The summed E-state index contributed by atoms with van der Waals surface area (Å²) in [4.78, 5) is 40.2. The Morgan fingerprint density at radius 1 is 1.00 bits per heavy atom. The summed E-state index contributed by atoms with van der Waals surface area (Å²) >= 11 is 1.93. The van der Waals surface area contributed by atoms with Gasteiger partial charge >= 0.3 is 5.69 Å². The number of carbonyl (C=O) groups excluding carboxylic acids is 1. The largest absolute Gasteiger partial charge is 0.340 e. The summed E-state index contributed by atoms with van der Waals surface area (Å²) < 4.78 is 15.8. The van der Waals surface area contributed by atoms with Gasteiger partial charge in [-0.25, -0.2) is 12.0 Å². The van der Waals surface area contributed by atoms with Crippen molar-refractivity contribution in [2.45, 2.75) is 19.4 Å². The van der Waals surface area contributed by atoms with E-state index in [1.54, 1.807) is 24.3 Å². The Morgan fingerprint density at radius 3 is 2.37 bits per heavy atom. The zero-order valence-corrected chi connectivity index (χ0v) is 18.4. The van der Waals surface area contributed by atoms with Gasteiger partial charge in [0.2, 0.25) is 0 Å². The van der Waals surface area contributed by atoms with Gasteiger partial charge < -0.3 is 4.90 Å². The van der Waals surface area contributed by atoms with Gasteiger partial charge in [0, 0.05) is 24.6 Å². The SMILES string of the molecule is O=C(c1ccc(F)cc1)C1CCN(CCn2c(=O)c3ccccc3n(I)c2=O)CC1. The third-order valence-electron chi connectivity index (χ3n) is 5.72. The number of carbonyl (C=O) groups is 1. The molecule has 8 heteroatoms. The van der Waals surface area contributed by atoms with Gasteiger partial charge in [0.05, 0.1) is 33.8 Å². The molecule has 3 aromatic rings. The molecule has 2 heterocycles. The molecule has 1 aliphatic rings. The van der Waals surface area contributed by atoms with Crippen LogP contribution in [0.25, 0.3) is 10.9 Å². The highest BCUT2D eigenvalue weighted by Gasteiger charge is 2.26. The van der Waals surface area contributed by atoms with E-state index in [0.29, 0.717) is 42.4 Å². The van der Waals surface area contributed by atoms with E-state index in [0.717, 1.165) is 13.1 Å². The Bertz CT molecular complexity index is 1190. The predicted molar refractivity (Wildman–Crippen MR) is 122 cm³/mol. The maximum absolute atomic E-state index is 13.1. The van der Waals surface area contributed by atoms with Crippen molar-refractivity contribution in [1.82, 2.24) is 12.2 Å². The molecular weight excluding hydrogens is 500 g/mol. The van der Waals surface area contributed by atoms with E-state index in [1.807, 2.05) is 22.9 Å². The highest BCUT2D eigenvalue weighted by Crippen LogP contribution is 2.22. The zero-order chi connectivity index (χ0) is 21.3. The second kappa shape index (κ2) is 8.81. The van der Waals surface area contributed by atoms with Gasteiger partial charge in [-0.1, -0.05) is 12.1 Å². The van der Waals surface area contributed by atoms with E-state index in [-0.39, 0.29) is 28.8 Å². The van der Waals surface area contributed by atoms with E-state index in [9.17, 15) is 18.8 Å². The number of benzene rings is 2. The van der Waals surface area contributed by atoms with Crippen molar-refractivity contribution in [3.05, 3.63) is 80.7 Å². The van der Waals surface area contributed by atoms with Crippen LogP contribution in [0.2, 0.25) is 0 Å². The minimum absolute atomic E-state index is 0.0493. The number of nitrogens with zero attached hydrogens (tertiary/aromatic N) is 3. The van der Waals surface area contributed by atoms with Crippen LogP contribution in [-0.2, 0) is 6.54 Å². The molecule has 30 heavy (non-hydrogen) atoms. The molecule has 1 saturated heterocycles. The average Bonchev–Trinajstić information content (AvgIpc) is 2.78. The molecule has 0 bridgehead atoms. The number of aromatic nitrogens is 2. The molecule has 2 aromatic carbocycles. The van der Waals surface area contributed by atoms with Gasteiger partial charge in [-0.2, -0.15) is 0 Å². The zero-order valence-electron chi connectivity index (χ0n) is 16.3. The van der Waals surface area contributed by atoms with Crippen LogP contribution in [0.1, 0.15) is 23.2 Å². The standard InChI is InChI=1S/C22H21FIN3O3/c23-17-7-5-15(6-8-17)20(28)16-9-11-25(12-10-16)13-14-26-21(29)18-3-1-2-4-19(18)27(24)22(26)30/h1-8,16H,9-14H2. The number of hydrogen-bond acceptors (Lipinski definition) is 4. The molecule has 0 atom stereocenters. The Morgan fingerprint density at radius 2 is 1.67 bits per heavy atom. The van der Waals surface area contributed by atoms with Crippen LogP contribution in [0.4, 0.5) is 4.39 Å². The van der Waals surface area contributed by atoms with Gasteiger partial charge in [0.1, 0.15) is 5.82 Å². The van der Waals surface area contributed by atoms with E-state index in [2.05, 4.69) is 4.90 Å². The molecule has 6 nitrogen and oxygen atoms in total. The molecule has 0 saturated carbocycles. The third-order valence-corrected chi connectivity index (χ3v) is 6.65. The Hall–Kier alpha value is -2.33. The fraction of sp³-hybridized carbons (Fsp3) is 0.318. The normalized spacial score (nSPS) is 15.5. The monoisotopic (exact) mass is 521 g/mol. The molecule has 0 aliphatic carbocycles. The second-order valence-electron chi connectivity index (χ2n) is 7.52. The van der Waals surface area contributed by atoms with Crippen LogP contribution >= 0.6 is 22.9 Å². The molecule has 1 fully saturated rings. The predicted octanol–water partition coefficient (Wildman–Crippen LogP) is 3.10. The van der Waals surface area contributed by atoms with Crippen molar-refractivity contribution in [1.29, 1.82) is 0 Å². The first-order valence-electron chi connectivity index (χ1n) is 9.88. The summed E-state index contributed by atoms with van der Waals surface area (Å²) in [5.74, 6) is -0.384. The number of piperidine rings is 1. The van der Waals surface area contributed by atoms with Crippen LogP contribution in [0, 0.1) is 11.7 Å². The molecular formula is C22H21FIN3O3. The minimum Gasteiger partial charge on any atom is -0.302 e. The van der Waals surface area contributed by atoms with Crippen LogP contribution in [0.15, 0.2) is 58.1 Å². The number of halogens is 2. The molecule has 0 amide bonds. The number of ketones is 1. The van der Waals surface area contributed by atoms with Crippen molar-refractivity contribution in [2.24, 2.45) is 5.92 Å². The molecule has 1 aliphatic heterocycles. The molecule has 0 radical (unpaired) electrons. The first-order valence-corrected chi connectivity index (χ1v) is 10.8. The first kappa shape index (κ1) is 20.9. The van der Waals surface area contributed by atoms with E-state index in [4.69, 9.17) is 0 Å². The highest BCUT2D eigenvalue weighted by atomic mass is 127. The number of Topliss-reactive ketones (excluding diaryl/α,β-unsaturated/α-hetero) is 1. The lowest BCUT2D eigenvalue weighted by Crippen LogP contribution is -2.43. The number of rotatable bonds is 5. The van der Waals surface area contributed by atoms with Crippen LogP contribution in [0.5, 0.6) is 0 Å². The molecule has 0 unspecified atom stereocenters. The lowest BCUT2D eigenvalue weighted by molar-refractivity contribution is 0.0837. The lowest BCUT2D eigenvalue weighted by atomic mass is 9.89. The number of fused-ring (bicyclic) bond motifs is 1. The van der Waals surface area contributed by atoms with E-state index in [1.165, 1.54) is 31.6 Å². The summed E-state index contributed by atoms with van der Waals surface area (Å²) in [5, 5.41) is 0.523. The maximum atomic E-state index is 13.1. The van der Waals surface area contributed by atoms with Gasteiger partial charge in [0.25, 0.3) is 5.56 Å².